The van der Waals surface area contributed by atoms with Gasteiger partial charge in [0.1, 0.15) is 11.6 Å². The van der Waals surface area contributed by atoms with Gasteiger partial charge >= 0.3 is 11.9 Å². The first-order chi connectivity index (χ1) is 14.7. The molecule has 6 nitrogen and oxygen atoms in total. The molecule has 1 saturated heterocycles. The van der Waals surface area contributed by atoms with Crippen molar-refractivity contribution in [1.29, 1.82) is 0 Å². The number of esters is 1. The number of hydrogen-bond acceptors (Lipinski definition) is 4. The van der Waals surface area contributed by atoms with Gasteiger partial charge in [0.15, 0.2) is 0 Å². The van der Waals surface area contributed by atoms with Crippen LogP contribution in [0.5, 0.6) is 0 Å². The highest BCUT2D eigenvalue weighted by Gasteiger charge is 2.72. The zero-order valence-corrected chi connectivity index (χ0v) is 18.7. The number of aliphatic carboxylic acids is 1. The molecule has 1 aromatic rings. The molecular formula is C25H33NO5. The summed E-state index contributed by atoms with van der Waals surface area (Å²) in [4.78, 5) is 41.5. The minimum Gasteiger partial charge on any atom is -0.481 e. The molecule has 1 amide bonds. The van der Waals surface area contributed by atoms with Gasteiger partial charge in [-0.1, -0.05) is 49.6 Å². The number of carbonyl (C=O) groups excluding carboxylic acids is 2. The maximum atomic E-state index is 13.9. The first kappa shape index (κ1) is 21.8. The first-order valence-electron chi connectivity index (χ1n) is 11.5. The van der Waals surface area contributed by atoms with Gasteiger partial charge in [-0.2, -0.15) is 0 Å². The number of amides is 1. The highest BCUT2D eigenvalue weighted by molar-refractivity contribution is 5.91. The van der Waals surface area contributed by atoms with Gasteiger partial charge in [0.25, 0.3) is 0 Å². The minimum absolute atomic E-state index is 0.0839. The number of carboxylic acid groups (broad SMARTS) is 1. The van der Waals surface area contributed by atoms with E-state index in [0.717, 1.165) is 37.7 Å². The zero-order valence-electron chi connectivity index (χ0n) is 18.7. The van der Waals surface area contributed by atoms with E-state index in [-0.39, 0.29) is 11.8 Å². The molecule has 6 heteroatoms. The van der Waals surface area contributed by atoms with Gasteiger partial charge in [-0.25, -0.2) is 4.79 Å². The van der Waals surface area contributed by atoms with E-state index < -0.39 is 41.0 Å². The Balaban J connectivity index is 1.81. The van der Waals surface area contributed by atoms with Crippen LogP contribution < -0.4 is 0 Å². The molecule has 3 fully saturated rings. The van der Waals surface area contributed by atoms with Gasteiger partial charge in [0, 0.05) is 11.3 Å². The first-order valence-corrected chi connectivity index (χ1v) is 11.5. The fourth-order valence-corrected chi connectivity index (χ4v) is 5.73. The Morgan fingerprint density at radius 2 is 1.65 bits per heavy atom. The Morgan fingerprint density at radius 1 is 1.03 bits per heavy atom. The number of carboxylic acids is 1. The molecule has 168 valence electrons. The van der Waals surface area contributed by atoms with Crippen molar-refractivity contribution in [3.05, 3.63) is 35.9 Å². The summed E-state index contributed by atoms with van der Waals surface area (Å²) in [6.07, 6.45) is 5.92. The average molecular weight is 428 g/mol. The summed E-state index contributed by atoms with van der Waals surface area (Å²) in [5.41, 5.74) is -0.689. The number of rotatable bonds is 4. The summed E-state index contributed by atoms with van der Waals surface area (Å²) < 4.78 is 5.75. The second-order valence-corrected chi connectivity index (χ2v) is 10.4. The van der Waals surface area contributed by atoms with E-state index >= 15 is 0 Å². The SMILES string of the molecule is CC(C)(C)OC(=O)[C@@H]1N(C(=O)C2CCCCC2)[C@@H](c2ccccc2)[C@H](C(=O)O)C12CC2. The molecule has 1 spiro atoms. The Labute approximate surface area is 183 Å². The highest BCUT2D eigenvalue weighted by atomic mass is 16.6. The minimum atomic E-state index is -0.946. The summed E-state index contributed by atoms with van der Waals surface area (Å²) in [6.45, 7) is 5.40. The standard InChI is InChI=1S/C25H33NO5/c1-24(2,3)31-23(30)20-25(14-15-25)18(22(28)29)19(16-10-6-4-7-11-16)26(20)21(27)17-12-8-5-9-13-17/h4,6-7,10-11,17-20H,5,8-9,12-15H2,1-3H3,(H,28,29)/t18-,19+,20+/m1/s1. The molecule has 1 aromatic carbocycles. The molecule has 31 heavy (non-hydrogen) atoms. The lowest BCUT2D eigenvalue weighted by molar-refractivity contribution is -0.167. The van der Waals surface area contributed by atoms with Crippen molar-refractivity contribution in [3.8, 4) is 0 Å². The van der Waals surface area contributed by atoms with E-state index in [1.54, 1.807) is 25.7 Å². The van der Waals surface area contributed by atoms with Crippen LogP contribution in [0.25, 0.3) is 0 Å². The van der Waals surface area contributed by atoms with Crippen LogP contribution in [0.2, 0.25) is 0 Å². The molecule has 1 heterocycles. The molecule has 2 aliphatic carbocycles. The van der Waals surface area contributed by atoms with E-state index in [0.29, 0.717) is 12.8 Å². The van der Waals surface area contributed by atoms with E-state index in [1.165, 1.54) is 0 Å². The maximum absolute atomic E-state index is 13.9. The monoisotopic (exact) mass is 427 g/mol. The lowest BCUT2D eigenvalue weighted by Crippen LogP contribution is -2.49. The topological polar surface area (TPSA) is 83.9 Å². The van der Waals surface area contributed by atoms with Crippen LogP contribution in [0, 0.1) is 17.3 Å². The number of likely N-dealkylation sites (tertiary alicyclic amines) is 1. The predicted octanol–water partition coefficient (Wildman–Crippen LogP) is 4.34. The third-order valence-corrected chi connectivity index (χ3v) is 7.13. The van der Waals surface area contributed by atoms with Crippen molar-refractivity contribution < 1.29 is 24.2 Å². The van der Waals surface area contributed by atoms with Crippen LogP contribution in [0.3, 0.4) is 0 Å². The van der Waals surface area contributed by atoms with Crippen LogP contribution in [-0.2, 0) is 19.1 Å². The van der Waals surface area contributed by atoms with E-state index in [1.807, 2.05) is 30.3 Å². The number of ether oxygens (including phenoxy) is 1. The number of benzene rings is 1. The molecule has 3 atom stereocenters. The molecule has 1 aliphatic heterocycles. The van der Waals surface area contributed by atoms with Crippen molar-refractivity contribution in [2.24, 2.45) is 17.3 Å². The second kappa shape index (κ2) is 7.95. The van der Waals surface area contributed by atoms with Crippen LogP contribution in [0.4, 0.5) is 0 Å². The molecule has 0 radical (unpaired) electrons. The second-order valence-electron chi connectivity index (χ2n) is 10.4. The van der Waals surface area contributed by atoms with E-state index in [2.05, 4.69) is 0 Å². The van der Waals surface area contributed by atoms with Gasteiger partial charge in [0.2, 0.25) is 5.91 Å². The number of nitrogens with zero attached hydrogens (tertiary/aromatic N) is 1. The summed E-state index contributed by atoms with van der Waals surface area (Å²) in [6, 6.07) is 7.82. The average Bonchev–Trinajstić information content (AvgIpc) is 3.42. The number of hydrogen-bond donors (Lipinski definition) is 1. The van der Waals surface area contributed by atoms with Crippen molar-refractivity contribution in [2.75, 3.05) is 0 Å². The van der Waals surface area contributed by atoms with Crippen molar-refractivity contribution in [1.82, 2.24) is 4.90 Å². The summed E-state index contributed by atoms with van der Waals surface area (Å²) >= 11 is 0. The lowest BCUT2D eigenvalue weighted by atomic mass is 9.81. The summed E-state index contributed by atoms with van der Waals surface area (Å²) in [5, 5.41) is 10.3. The third kappa shape index (κ3) is 3.97. The Kier molecular flexibility index (Phi) is 5.61. The largest absolute Gasteiger partial charge is 0.481 e. The Bertz CT molecular complexity index is 848. The van der Waals surface area contributed by atoms with E-state index in [4.69, 9.17) is 4.74 Å². The van der Waals surface area contributed by atoms with Gasteiger partial charge < -0.3 is 14.7 Å². The van der Waals surface area contributed by atoms with Gasteiger partial charge in [0.05, 0.1) is 12.0 Å². The summed E-state index contributed by atoms with van der Waals surface area (Å²) in [7, 11) is 0. The molecule has 4 rings (SSSR count). The zero-order chi connectivity index (χ0) is 22.4. The van der Waals surface area contributed by atoms with Crippen LogP contribution >= 0.6 is 0 Å². The maximum Gasteiger partial charge on any atom is 0.330 e. The van der Waals surface area contributed by atoms with Crippen LogP contribution in [0.1, 0.15) is 77.3 Å². The molecule has 0 aromatic heterocycles. The Morgan fingerprint density at radius 3 is 2.16 bits per heavy atom. The van der Waals surface area contributed by atoms with Gasteiger partial charge in [-0.15, -0.1) is 0 Å². The Hall–Kier alpha value is -2.37. The van der Waals surface area contributed by atoms with Crippen molar-refractivity contribution in [2.45, 2.75) is 83.4 Å². The van der Waals surface area contributed by atoms with E-state index in [9.17, 15) is 19.5 Å². The highest BCUT2D eigenvalue weighted by Crippen LogP contribution is 2.66. The fourth-order valence-electron chi connectivity index (χ4n) is 5.73. The smallest absolute Gasteiger partial charge is 0.330 e. The van der Waals surface area contributed by atoms with Gasteiger partial charge in [-0.3, -0.25) is 9.59 Å². The van der Waals surface area contributed by atoms with Gasteiger partial charge in [-0.05, 0) is 52.0 Å². The molecule has 0 unspecified atom stereocenters. The molecule has 0 bridgehead atoms. The van der Waals surface area contributed by atoms with Crippen molar-refractivity contribution >= 4 is 17.8 Å². The molecular weight excluding hydrogens is 394 g/mol. The quantitative estimate of drug-likeness (QED) is 0.723. The third-order valence-electron chi connectivity index (χ3n) is 7.13. The van der Waals surface area contributed by atoms with Crippen molar-refractivity contribution in [3.63, 3.8) is 0 Å². The molecule has 2 saturated carbocycles. The summed E-state index contributed by atoms with van der Waals surface area (Å²) in [5.74, 6) is -2.48. The van der Waals surface area contributed by atoms with Crippen LogP contribution in [-0.4, -0.2) is 39.5 Å². The fraction of sp³-hybridized carbons (Fsp3) is 0.640. The molecule has 3 aliphatic rings. The van der Waals surface area contributed by atoms with Crippen LogP contribution in [0.15, 0.2) is 30.3 Å². The predicted molar refractivity (Wildman–Crippen MR) is 115 cm³/mol. The lowest BCUT2D eigenvalue weighted by Gasteiger charge is -2.36. The number of carbonyl (C=O) groups is 3. The molecule has 1 N–H and O–H groups in total. The normalized spacial score (nSPS) is 27.8.